The van der Waals surface area contributed by atoms with Crippen LogP contribution in [0.4, 0.5) is 5.69 Å². The third kappa shape index (κ3) is 4.61. The molecule has 1 aromatic heterocycles. The molecule has 0 radical (unpaired) electrons. The van der Waals surface area contributed by atoms with Crippen molar-refractivity contribution in [3.63, 3.8) is 0 Å². The van der Waals surface area contributed by atoms with E-state index in [1.165, 1.54) is 4.31 Å². The van der Waals surface area contributed by atoms with Crippen LogP contribution in [0, 0.1) is 6.92 Å². The number of rotatable bonds is 7. The molecule has 0 unspecified atom stereocenters. The number of amides is 1. The molecule has 2 aromatic carbocycles. The van der Waals surface area contributed by atoms with E-state index in [0.717, 1.165) is 11.1 Å². The molecule has 0 spiro atoms. The van der Waals surface area contributed by atoms with Crippen molar-refractivity contribution in [2.45, 2.75) is 18.4 Å². The van der Waals surface area contributed by atoms with E-state index in [0.29, 0.717) is 12.2 Å². The predicted molar refractivity (Wildman–Crippen MR) is 113 cm³/mol. The lowest BCUT2D eigenvalue weighted by molar-refractivity contribution is -0.128. The van der Waals surface area contributed by atoms with Gasteiger partial charge in [-0.05, 0) is 59.1 Å². The second-order valence-electron chi connectivity index (χ2n) is 6.55. The second kappa shape index (κ2) is 8.58. The maximum absolute atomic E-state index is 13.3. The summed E-state index contributed by atoms with van der Waals surface area (Å²) < 4.78 is 27.8. The van der Waals surface area contributed by atoms with E-state index in [9.17, 15) is 13.2 Å². The summed E-state index contributed by atoms with van der Waals surface area (Å²) in [6.45, 7) is 2.02. The zero-order valence-electron chi connectivity index (χ0n) is 15.8. The molecule has 146 valence electrons. The molecule has 0 N–H and O–H groups in total. The van der Waals surface area contributed by atoms with Crippen molar-refractivity contribution in [3.8, 4) is 0 Å². The quantitative estimate of drug-likeness (QED) is 0.589. The number of sulfonamides is 1. The van der Waals surface area contributed by atoms with Crippen LogP contribution in [0.15, 0.2) is 76.3 Å². The van der Waals surface area contributed by atoms with E-state index in [1.54, 1.807) is 65.7 Å². The highest BCUT2D eigenvalue weighted by atomic mass is 32.2. The van der Waals surface area contributed by atoms with E-state index in [4.69, 9.17) is 0 Å². The van der Waals surface area contributed by atoms with Crippen molar-refractivity contribution < 1.29 is 13.2 Å². The largest absolute Gasteiger partial charge is 0.340 e. The van der Waals surface area contributed by atoms with Crippen LogP contribution in [-0.2, 0) is 21.4 Å². The number of likely N-dealkylation sites (N-methyl/N-ethyl adjacent to an activating group) is 1. The summed E-state index contributed by atoms with van der Waals surface area (Å²) in [6, 6.07) is 17.4. The van der Waals surface area contributed by atoms with Gasteiger partial charge in [0, 0.05) is 13.6 Å². The lowest BCUT2D eigenvalue weighted by atomic mass is 10.2. The van der Waals surface area contributed by atoms with Gasteiger partial charge in [-0.2, -0.15) is 11.3 Å². The Morgan fingerprint density at radius 2 is 1.79 bits per heavy atom. The number of benzene rings is 2. The Morgan fingerprint density at radius 1 is 1.04 bits per heavy atom. The lowest BCUT2D eigenvalue weighted by Crippen LogP contribution is -2.41. The minimum absolute atomic E-state index is 0.171. The molecule has 0 atom stereocenters. The van der Waals surface area contributed by atoms with Gasteiger partial charge in [0.15, 0.2) is 0 Å². The number of nitrogens with zero attached hydrogens (tertiary/aromatic N) is 2. The SMILES string of the molecule is Cc1cccc(S(=O)(=O)N(CC(=O)N(C)Cc2ccsc2)c2ccccc2)c1. The normalized spacial score (nSPS) is 11.2. The molecule has 0 aliphatic heterocycles. The molecule has 0 saturated heterocycles. The standard InChI is InChI=1S/C21H22N2O3S2/c1-17-7-6-10-20(13-17)28(25,26)23(19-8-4-3-5-9-19)15-21(24)22(2)14-18-11-12-27-16-18/h3-13,16H,14-15H2,1-2H3. The zero-order chi connectivity index (χ0) is 20.1. The lowest BCUT2D eigenvalue weighted by Gasteiger charge is -2.26. The van der Waals surface area contributed by atoms with E-state index >= 15 is 0 Å². The molecule has 0 bridgehead atoms. The highest BCUT2D eigenvalue weighted by molar-refractivity contribution is 7.92. The fraction of sp³-hybridized carbons (Fsp3) is 0.190. The summed E-state index contributed by atoms with van der Waals surface area (Å²) in [5, 5.41) is 3.92. The van der Waals surface area contributed by atoms with Crippen LogP contribution < -0.4 is 4.31 Å². The molecule has 1 heterocycles. The van der Waals surface area contributed by atoms with Gasteiger partial charge in [-0.25, -0.2) is 8.42 Å². The summed E-state index contributed by atoms with van der Waals surface area (Å²) >= 11 is 1.56. The Hall–Kier alpha value is -2.64. The first kappa shape index (κ1) is 20.1. The number of carbonyl (C=O) groups is 1. The third-order valence-corrected chi connectivity index (χ3v) is 6.83. The predicted octanol–water partition coefficient (Wildman–Crippen LogP) is 3.91. The average Bonchev–Trinajstić information content (AvgIpc) is 3.19. The second-order valence-corrected chi connectivity index (χ2v) is 9.19. The summed E-state index contributed by atoms with van der Waals surface area (Å²) in [4.78, 5) is 14.5. The molecule has 5 nitrogen and oxygen atoms in total. The van der Waals surface area contributed by atoms with E-state index in [1.807, 2.05) is 35.9 Å². The van der Waals surface area contributed by atoms with Crippen molar-refractivity contribution in [1.82, 2.24) is 4.90 Å². The molecule has 3 rings (SSSR count). The Morgan fingerprint density at radius 3 is 2.43 bits per heavy atom. The van der Waals surface area contributed by atoms with E-state index in [-0.39, 0.29) is 17.3 Å². The minimum Gasteiger partial charge on any atom is -0.340 e. The molecule has 0 fully saturated rings. The summed E-state index contributed by atoms with van der Waals surface area (Å²) in [7, 11) is -2.20. The van der Waals surface area contributed by atoms with E-state index in [2.05, 4.69) is 0 Å². The Kier molecular flexibility index (Phi) is 6.16. The minimum atomic E-state index is -3.88. The first-order valence-corrected chi connectivity index (χ1v) is 11.2. The smallest absolute Gasteiger partial charge is 0.264 e. The van der Waals surface area contributed by atoms with Gasteiger partial charge >= 0.3 is 0 Å². The topological polar surface area (TPSA) is 57.7 Å². The van der Waals surface area contributed by atoms with Gasteiger partial charge in [-0.3, -0.25) is 9.10 Å². The molecule has 0 aliphatic rings. The van der Waals surface area contributed by atoms with Crippen molar-refractivity contribution >= 4 is 33.0 Å². The summed E-state index contributed by atoms with van der Waals surface area (Å²) in [6.07, 6.45) is 0. The fourth-order valence-corrected chi connectivity index (χ4v) is 4.98. The van der Waals surface area contributed by atoms with Crippen LogP contribution >= 0.6 is 11.3 Å². The molecule has 28 heavy (non-hydrogen) atoms. The molecule has 1 amide bonds. The number of hydrogen-bond donors (Lipinski definition) is 0. The number of anilines is 1. The molecular formula is C21H22N2O3S2. The number of hydrogen-bond acceptors (Lipinski definition) is 4. The Labute approximate surface area is 169 Å². The van der Waals surface area contributed by atoms with Gasteiger partial charge < -0.3 is 4.90 Å². The van der Waals surface area contributed by atoms with Crippen molar-refractivity contribution in [3.05, 3.63) is 82.6 Å². The first-order valence-electron chi connectivity index (χ1n) is 8.77. The maximum atomic E-state index is 13.3. The molecule has 3 aromatic rings. The van der Waals surface area contributed by atoms with Crippen molar-refractivity contribution in [2.75, 3.05) is 17.9 Å². The Balaban J connectivity index is 1.90. The van der Waals surface area contributed by atoms with Crippen LogP contribution in [0.2, 0.25) is 0 Å². The first-order chi connectivity index (χ1) is 13.4. The van der Waals surface area contributed by atoms with Gasteiger partial charge in [0.05, 0.1) is 10.6 Å². The van der Waals surface area contributed by atoms with Gasteiger partial charge in [0.1, 0.15) is 6.54 Å². The average molecular weight is 415 g/mol. The van der Waals surface area contributed by atoms with Crippen molar-refractivity contribution in [1.29, 1.82) is 0 Å². The fourth-order valence-electron chi connectivity index (χ4n) is 2.80. The molecule has 7 heteroatoms. The third-order valence-electron chi connectivity index (χ3n) is 4.33. The Bertz CT molecular complexity index is 1030. The van der Waals surface area contributed by atoms with E-state index < -0.39 is 10.0 Å². The molecule has 0 saturated carbocycles. The number of carbonyl (C=O) groups excluding carboxylic acids is 1. The molecule has 0 aliphatic carbocycles. The zero-order valence-corrected chi connectivity index (χ0v) is 17.4. The number of thiophene rings is 1. The number of aryl methyl sites for hydroxylation is 1. The molecular weight excluding hydrogens is 392 g/mol. The van der Waals surface area contributed by atoms with Gasteiger partial charge in [0.2, 0.25) is 5.91 Å². The van der Waals surface area contributed by atoms with Gasteiger partial charge in [0.25, 0.3) is 10.0 Å². The highest BCUT2D eigenvalue weighted by Crippen LogP contribution is 2.24. The van der Waals surface area contributed by atoms with Crippen LogP contribution in [0.3, 0.4) is 0 Å². The maximum Gasteiger partial charge on any atom is 0.264 e. The highest BCUT2D eigenvalue weighted by Gasteiger charge is 2.28. The van der Waals surface area contributed by atoms with Gasteiger partial charge in [-0.1, -0.05) is 30.3 Å². The van der Waals surface area contributed by atoms with Crippen LogP contribution in [0.1, 0.15) is 11.1 Å². The summed E-state index contributed by atoms with van der Waals surface area (Å²) in [5.74, 6) is -0.272. The number of para-hydroxylation sites is 1. The van der Waals surface area contributed by atoms with Crippen LogP contribution in [0.5, 0.6) is 0 Å². The van der Waals surface area contributed by atoms with Crippen molar-refractivity contribution in [2.24, 2.45) is 0 Å². The van der Waals surface area contributed by atoms with Crippen LogP contribution in [-0.4, -0.2) is 32.8 Å². The van der Waals surface area contributed by atoms with Crippen LogP contribution in [0.25, 0.3) is 0 Å². The van der Waals surface area contributed by atoms with Gasteiger partial charge in [-0.15, -0.1) is 0 Å². The monoisotopic (exact) mass is 414 g/mol. The summed E-state index contributed by atoms with van der Waals surface area (Å²) in [5.41, 5.74) is 2.32.